The van der Waals surface area contributed by atoms with Crippen molar-refractivity contribution in [1.82, 2.24) is 0 Å². The third-order valence-corrected chi connectivity index (χ3v) is 20.4. The normalized spacial score (nSPS) is 27.8. The molecule has 0 amide bonds. The van der Waals surface area contributed by atoms with Gasteiger partial charge in [0.25, 0.3) is 0 Å². The second kappa shape index (κ2) is 21.4. The molecule has 4 aromatic carbocycles. The fourth-order valence-corrected chi connectivity index (χ4v) is 19.0. The Morgan fingerprint density at radius 2 is 0.632 bits per heavy atom. The third kappa shape index (κ3) is 11.7. The first-order chi connectivity index (χ1) is 35.6. The average molecular weight is 1020 g/mol. The summed E-state index contributed by atoms with van der Waals surface area (Å²) in [4.78, 5) is 0. The number of rotatable bonds is 14. The van der Waals surface area contributed by atoms with Crippen LogP contribution in [0.2, 0.25) is 0 Å². The van der Waals surface area contributed by atoms with Gasteiger partial charge in [-0.15, -0.1) is 0 Å². The fraction of sp³-hybridized carbons (Fsp3) is 0.632. The van der Waals surface area contributed by atoms with E-state index >= 15 is 0 Å². The molecule has 0 saturated heterocycles. The van der Waals surface area contributed by atoms with Crippen LogP contribution in [0.3, 0.4) is 0 Å². The van der Waals surface area contributed by atoms with Crippen LogP contribution in [-0.2, 0) is 21.7 Å². The largest absolute Gasteiger partial charge is 0.0850 e. The van der Waals surface area contributed by atoms with E-state index in [1.807, 2.05) is 0 Å². The first-order valence-electron chi connectivity index (χ1n) is 31.4. The van der Waals surface area contributed by atoms with Gasteiger partial charge < -0.3 is 0 Å². The molecule has 0 bridgehead atoms. The summed E-state index contributed by atoms with van der Waals surface area (Å²) in [5, 5.41) is 0. The van der Waals surface area contributed by atoms with Crippen molar-refractivity contribution < 1.29 is 1.43 Å². The van der Waals surface area contributed by atoms with E-state index in [9.17, 15) is 0 Å². The van der Waals surface area contributed by atoms with Crippen LogP contribution in [0.1, 0.15) is 250 Å². The molecule has 6 aliphatic rings. The lowest BCUT2D eigenvalue weighted by molar-refractivity contribution is 0.267. The van der Waals surface area contributed by atoms with Gasteiger partial charge in [0.2, 0.25) is 0 Å². The number of allylic oxidation sites excluding steroid dienone is 4. The van der Waals surface area contributed by atoms with Gasteiger partial charge in [-0.1, -0.05) is 257 Å². The molecule has 0 N–H and O–H groups in total. The van der Waals surface area contributed by atoms with Crippen molar-refractivity contribution in [2.45, 2.75) is 248 Å². The molecule has 414 valence electrons. The number of fused-ring (bicyclic) bond motifs is 6. The Morgan fingerprint density at radius 1 is 0.382 bits per heavy atom. The van der Waals surface area contributed by atoms with Gasteiger partial charge in [0.05, 0.1) is 0 Å². The Bertz CT molecular complexity index is 2490. The first-order valence-corrected chi connectivity index (χ1v) is 31.4. The Kier molecular flexibility index (Phi) is 16.1. The zero-order chi connectivity index (χ0) is 54.7. The number of hydrogen-bond donors (Lipinski definition) is 0. The van der Waals surface area contributed by atoms with Crippen LogP contribution in [0.5, 0.6) is 0 Å². The average Bonchev–Trinajstić information content (AvgIpc) is 3.90. The smallest absolute Gasteiger partial charge is 0.0136 e. The Hall–Kier alpha value is -3.64. The predicted octanol–water partition coefficient (Wildman–Crippen LogP) is 22.8. The molecule has 4 saturated carbocycles. The summed E-state index contributed by atoms with van der Waals surface area (Å²) in [7, 11) is 0. The quantitative estimate of drug-likeness (QED) is 0.110. The van der Waals surface area contributed by atoms with E-state index in [1.54, 1.807) is 44.5 Å². The minimum atomic E-state index is 0. The van der Waals surface area contributed by atoms with Gasteiger partial charge in [-0.05, 0) is 192 Å². The third-order valence-electron chi connectivity index (χ3n) is 20.4. The summed E-state index contributed by atoms with van der Waals surface area (Å²) in [5.41, 5.74) is 18.9. The van der Waals surface area contributed by atoms with E-state index in [-0.39, 0.29) is 12.3 Å². The second-order valence-corrected chi connectivity index (χ2v) is 32.6. The maximum Gasteiger partial charge on any atom is 0.0136 e. The lowest BCUT2D eigenvalue weighted by atomic mass is 9.55. The topological polar surface area (TPSA) is 0 Å². The molecular formula is C76H110. The molecule has 0 nitrogen and oxygen atoms in total. The van der Waals surface area contributed by atoms with Crippen LogP contribution < -0.4 is 0 Å². The molecule has 6 aliphatic carbocycles. The van der Waals surface area contributed by atoms with E-state index in [1.165, 1.54) is 127 Å². The Balaban J connectivity index is 0.000000201. The highest BCUT2D eigenvalue weighted by atomic mass is 14.7. The summed E-state index contributed by atoms with van der Waals surface area (Å²) in [6.07, 6.45) is 29.2. The summed E-state index contributed by atoms with van der Waals surface area (Å²) in [6, 6.07) is 38.0. The van der Waals surface area contributed by atoms with Crippen LogP contribution in [-0.4, -0.2) is 0 Å². The SMILES string of the molecule is CC(CC=C1CC23CC(=CCC(C)CC(C)(C)C)CC2(C1)c1ccccc1-c1ccccc13)CC(C)(C)C.CC(CCC1CC23CC(CCC(C)CC(C)(C)C)CC2(C1)c1ccccc1-c1ccccc13)CC(C)(C)C.[HH]. The van der Waals surface area contributed by atoms with Gasteiger partial charge in [0.15, 0.2) is 0 Å². The summed E-state index contributed by atoms with van der Waals surface area (Å²) in [6.45, 7) is 38.7. The van der Waals surface area contributed by atoms with Gasteiger partial charge in [-0.2, -0.15) is 0 Å². The van der Waals surface area contributed by atoms with Gasteiger partial charge >= 0.3 is 0 Å². The second-order valence-electron chi connectivity index (χ2n) is 32.6. The first kappa shape index (κ1) is 57.1. The van der Waals surface area contributed by atoms with Crippen molar-refractivity contribution in [3.8, 4) is 22.3 Å². The van der Waals surface area contributed by atoms with Crippen LogP contribution in [0.15, 0.2) is 120 Å². The highest BCUT2D eigenvalue weighted by Gasteiger charge is 2.67. The zero-order valence-corrected chi connectivity index (χ0v) is 51.6. The van der Waals surface area contributed by atoms with Crippen LogP contribution in [0, 0.1) is 57.2 Å². The molecule has 10 rings (SSSR count). The lowest BCUT2D eigenvalue weighted by Gasteiger charge is -2.47. The van der Waals surface area contributed by atoms with E-state index in [0.29, 0.717) is 32.5 Å². The molecule has 4 unspecified atom stereocenters. The number of hydrogen-bond acceptors (Lipinski definition) is 0. The van der Waals surface area contributed by atoms with Crippen molar-refractivity contribution in [2.24, 2.45) is 57.2 Å². The Morgan fingerprint density at radius 3 is 0.908 bits per heavy atom. The van der Waals surface area contributed by atoms with Gasteiger partial charge in [-0.3, -0.25) is 0 Å². The van der Waals surface area contributed by atoms with Crippen LogP contribution in [0.25, 0.3) is 22.3 Å². The molecule has 0 radical (unpaired) electrons. The summed E-state index contributed by atoms with van der Waals surface area (Å²) < 4.78 is 0. The Labute approximate surface area is 469 Å². The standard InChI is InChI=1S/C38H56.C38H52.H2/c2*1-27(21-35(3,4)5)17-19-29-23-37-25-30(20-18-28(2)22-36(6,7)8)26-38(37,24-29)34-16-12-10-14-32(34)31-13-9-11-15-33(31)37;/h9-16,27-30H,17-26H2,1-8H3;9-16,19-20,27-28H,17-18,21-26H2,1-8H3;1H. The molecule has 0 aliphatic heterocycles. The van der Waals surface area contributed by atoms with Crippen molar-refractivity contribution in [3.63, 3.8) is 0 Å². The fourth-order valence-electron chi connectivity index (χ4n) is 19.0. The van der Waals surface area contributed by atoms with Gasteiger partial charge in [-0.25, -0.2) is 0 Å². The number of benzene rings is 4. The molecule has 4 aromatic rings. The van der Waals surface area contributed by atoms with Crippen LogP contribution in [0.4, 0.5) is 0 Å². The van der Waals surface area contributed by atoms with E-state index in [4.69, 9.17) is 0 Å². The summed E-state index contributed by atoms with van der Waals surface area (Å²) >= 11 is 0. The van der Waals surface area contributed by atoms with Crippen molar-refractivity contribution in [1.29, 1.82) is 0 Å². The maximum atomic E-state index is 2.67. The van der Waals surface area contributed by atoms with E-state index in [2.05, 4.69) is 220 Å². The van der Waals surface area contributed by atoms with Gasteiger partial charge in [0, 0.05) is 23.1 Å². The highest BCUT2D eigenvalue weighted by Crippen LogP contribution is 2.74. The van der Waals surface area contributed by atoms with Crippen molar-refractivity contribution >= 4 is 0 Å². The molecule has 76 heavy (non-hydrogen) atoms. The van der Waals surface area contributed by atoms with Crippen molar-refractivity contribution in [2.75, 3.05) is 0 Å². The van der Waals surface area contributed by atoms with Crippen molar-refractivity contribution in [3.05, 3.63) is 143 Å². The molecule has 4 fully saturated rings. The minimum Gasteiger partial charge on any atom is -0.0850 e. The van der Waals surface area contributed by atoms with Crippen LogP contribution >= 0.6 is 0 Å². The molecule has 0 spiro atoms. The predicted molar refractivity (Wildman–Crippen MR) is 333 cm³/mol. The maximum absolute atomic E-state index is 2.67. The molecule has 4 atom stereocenters. The monoisotopic (exact) mass is 1020 g/mol. The molecule has 0 heterocycles. The van der Waals surface area contributed by atoms with Gasteiger partial charge in [0.1, 0.15) is 0 Å². The van der Waals surface area contributed by atoms with E-state index in [0.717, 1.165) is 35.5 Å². The molecule has 0 aromatic heterocycles. The molecular weight excluding hydrogens is 913 g/mol. The minimum absolute atomic E-state index is 0. The zero-order valence-electron chi connectivity index (χ0n) is 51.6. The lowest BCUT2D eigenvalue weighted by Crippen LogP contribution is -2.43. The van der Waals surface area contributed by atoms with E-state index < -0.39 is 0 Å². The summed E-state index contributed by atoms with van der Waals surface area (Å²) in [5.74, 6) is 4.83. The molecule has 0 heteroatoms. The highest BCUT2D eigenvalue weighted by molar-refractivity contribution is 5.81.